The van der Waals surface area contributed by atoms with Gasteiger partial charge in [-0.15, -0.1) is 0 Å². The van der Waals surface area contributed by atoms with Crippen molar-refractivity contribution in [1.82, 2.24) is 19.8 Å². The van der Waals surface area contributed by atoms with Crippen LogP contribution in [0.1, 0.15) is 24.6 Å². The van der Waals surface area contributed by atoms with Crippen molar-refractivity contribution in [2.24, 2.45) is 0 Å². The number of likely N-dealkylation sites (tertiary alicyclic amines) is 1. The molecule has 3 heterocycles. The van der Waals surface area contributed by atoms with Crippen molar-refractivity contribution in [2.75, 3.05) is 13.1 Å². The van der Waals surface area contributed by atoms with Crippen LogP contribution < -0.4 is 5.32 Å². The van der Waals surface area contributed by atoms with E-state index in [4.69, 9.17) is 0 Å². The van der Waals surface area contributed by atoms with Crippen LogP contribution in [0.15, 0.2) is 54.9 Å². The van der Waals surface area contributed by atoms with Gasteiger partial charge in [0.15, 0.2) is 0 Å². The van der Waals surface area contributed by atoms with Crippen LogP contribution in [0.3, 0.4) is 0 Å². The fourth-order valence-corrected chi connectivity index (χ4v) is 3.47. The molecule has 0 spiro atoms. The van der Waals surface area contributed by atoms with E-state index < -0.39 is 0 Å². The zero-order valence-corrected chi connectivity index (χ0v) is 13.6. The van der Waals surface area contributed by atoms with Crippen LogP contribution in [0.5, 0.6) is 0 Å². The molecule has 124 valence electrons. The Hall–Kier alpha value is -2.69. The Balaban J connectivity index is 1.30. The second-order valence-electron chi connectivity index (χ2n) is 6.39. The lowest BCUT2D eigenvalue weighted by Gasteiger charge is -2.32. The van der Waals surface area contributed by atoms with Gasteiger partial charge in [-0.2, -0.15) is 0 Å². The highest BCUT2D eigenvalue weighted by atomic mass is 16.2. The smallest absolute Gasteiger partial charge is 0.317 e. The van der Waals surface area contributed by atoms with E-state index in [-0.39, 0.29) is 6.03 Å². The average molecular weight is 322 g/mol. The van der Waals surface area contributed by atoms with E-state index in [0.717, 1.165) is 37.1 Å². The molecular weight excluding hydrogens is 300 g/mol. The number of H-pyrrole nitrogens is 1. The second-order valence-corrected chi connectivity index (χ2v) is 6.39. The van der Waals surface area contributed by atoms with E-state index in [1.54, 1.807) is 0 Å². The van der Waals surface area contributed by atoms with Crippen LogP contribution >= 0.6 is 0 Å². The number of benzene rings is 1. The molecule has 1 aromatic carbocycles. The molecular formula is C19H22N4O. The first-order valence-electron chi connectivity index (χ1n) is 8.51. The number of urea groups is 1. The number of piperidine rings is 1. The Morgan fingerprint density at radius 3 is 2.62 bits per heavy atom. The third-order valence-corrected chi connectivity index (χ3v) is 4.82. The molecule has 3 aromatic rings. The van der Waals surface area contributed by atoms with Crippen molar-refractivity contribution in [3.05, 3.63) is 60.6 Å². The lowest BCUT2D eigenvalue weighted by molar-refractivity contribution is 0.171. The molecule has 0 radical (unpaired) electrons. The van der Waals surface area contributed by atoms with Gasteiger partial charge >= 0.3 is 6.03 Å². The number of aromatic amines is 1. The summed E-state index contributed by atoms with van der Waals surface area (Å²) in [6.45, 7) is 2.15. The van der Waals surface area contributed by atoms with Gasteiger partial charge in [-0.3, -0.25) is 0 Å². The Morgan fingerprint density at radius 1 is 1.12 bits per heavy atom. The quantitative estimate of drug-likeness (QED) is 0.762. The number of amides is 2. The molecule has 2 amide bonds. The number of nitrogens with one attached hydrogen (secondary N) is 2. The van der Waals surface area contributed by atoms with Gasteiger partial charge in [0.25, 0.3) is 0 Å². The molecule has 1 aliphatic heterocycles. The van der Waals surface area contributed by atoms with E-state index in [9.17, 15) is 4.79 Å². The number of fused-ring (bicyclic) bond motifs is 1. The lowest BCUT2D eigenvalue weighted by Crippen LogP contribution is -2.44. The molecule has 4 rings (SSSR count). The first-order chi connectivity index (χ1) is 11.8. The van der Waals surface area contributed by atoms with Crippen molar-refractivity contribution in [3.63, 3.8) is 0 Å². The molecule has 0 saturated carbocycles. The summed E-state index contributed by atoms with van der Waals surface area (Å²) in [6, 6.07) is 14.9. The zero-order chi connectivity index (χ0) is 16.4. The van der Waals surface area contributed by atoms with Crippen LogP contribution in [0, 0.1) is 0 Å². The Kier molecular flexibility index (Phi) is 3.99. The maximum atomic E-state index is 12.4. The number of carbonyl (C=O) groups is 1. The van der Waals surface area contributed by atoms with E-state index in [1.165, 1.54) is 5.39 Å². The van der Waals surface area contributed by atoms with Gasteiger partial charge in [0, 0.05) is 42.7 Å². The minimum absolute atomic E-state index is 0.0274. The second kappa shape index (κ2) is 6.43. The predicted molar refractivity (Wildman–Crippen MR) is 94.8 cm³/mol. The summed E-state index contributed by atoms with van der Waals surface area (Å²) in [5.74, 6) is 0. The summed E-state index contributed by atoms with van der Waals surface area (Å²) in [5, 5.41) is 4.20. The standard InChI is InChI=1S/C19H22N4O/c24-19(20-14-16-13-15-5-1-2-6-18(15)21-16)23-11-7-17(8-12-23)22-9-3-4-10-22/h1-6,9-10,13,17,21H,7-8,11-12,14H2,(H,20,24). The number of carbonyl (C=O) groups excluding carboxylic acids is 1. The van der Waals surface area contributed by atoms with Gasteiger partial charge in [-0.05, 0) is 42.5 Å². The first-order valence-corrected chi connectivity index (χ1v) is 8.51. The van der Waals surface area contributed by atoms with Crippen molar-refractivity contribution in [2.45, 2.75) is 25.4 Å². The van der Waals surface area contributed by atoms with Crippen LogP contribution in [0.2, 0.25) is 0 Å². The molecule has 0 unspecified atom stereocenters. The Labute approximate surface area is 141 Å². The molecule has 1 fully saturated rings. The maximum absolute atomic E-state index is 12.4. The third kappa shape index (κ3) is 3.02. The highest BCUT2D eigenvalue weighted by Crippen LogP contribution is 2.22. The zero-order valence-electron chi connectivity index (χ0n) is 13.6. The fourth-order valence-electron chi connectivity index (χ4n) is 3.47. The van der Waals surface area contributed by atoms with Gasteiger partial charge in [-0.25, -0.2) is 4.79 Å². The minimum atomic E-state index is 0.0274. The third-order valence-electron chi connectivity index (χ3n) is 4.82. The number of hydrogen-bond acceptors (Lipinski definition) is 1. The van der Waals surface area contributed by atoms with Crippen molar-refractivity contribution >= 4 is 16.9 Å². The lowest BCUT2D eigenvalue weighted by atomic mass is 10.1. The molecule has 2 aromatic heterocycles. The predicted octanol–water partition coefficient (Wildman–Crippen LogP) is 3.52. The molecule has 0 atom stereocenters. The van der Waals surface area contributed by atoms with Gasteiger partial charge in [0.1, 0.15) is 0 Å². The maximum Gasteiger partial charge on any atom is 0.317 e. The van der Waals surface area contributed by atoms with Crippen LogP contribution in [-0.4, -0.2) is 33.6 Å². The van der Waals surface area contributed by atoms with E-state index in [2.05, 4.69) is 51.5 Å². The summed E-state index contributed by atoms with van der Waals surface area (Å²) in [6.07, 6.45) is 6.23. The number of nitrogens with zero attached hydrogens (tertiary/aromatic N) is 2. The fraction of sp³-hybridized carbons (Fsp3) is 0.316. The van der Waals surface area contributed by atoms with Crippen molar-refractivity contribution in [3.8, 4) is 0 Å². The average Bonchev–Trinajstić information content (AvgIpc) is 3.29. The molecule has 0 aliphatic carbocycles. The molecule has 0 bridgehead atoms. The summed E-state index contributed by atoms with van der Waals surface area (Å²) in [5.41, 5.74) is 2.14. The van der Waals surface area contributed by atoms with Crippen LogP contribution in [-0.2, 0) is 6.54 Å². The highest BCUT2D eigenvalue weighted by Gasteiger charge is 2.23. The van der Waals surface area contributed by atoms with Crippen molar-refractivity contribution < 1.29 is 4.79 Å². The van der Waals surface area contributed by atoms with Gasteiger partial charge in [0.05, 0.1) is 6.54 Å². The number of para-hydroxylation sites is 1. The molecule has 1 aliphatic rings. The largest absolute Gasteiger partial charge is 0.357 e. The van der Waals surface area contributed by atoms with Gasteiger partial charge in [-0.1, -0.05) is 18.2 Å². The van der Waals surface area contributed by atoms with Crippen LogP contribution in [0.25, 0.3) is 10.9 Å². The number of rotatable bonds is 3. The summed E-state index contributed by atoms with van der Waals surface area (Å²) < 4.78 is 2.25. The molecule has 5 heteroatoms. The minimum Gasteiger partial charge on any atom is -0.357 e. The normalized spacial score (nSPS) is 15.8. The van der Waals surface area contributed by atoms with Gasteiger partial charge in [0.2, 0.25) is 0 Å². The summed E-state index contributed by atoms with van der Waals surface area (Å²) >= 11 is 0. The van der Waals surface area contributed by atoms with Crippen molar-refractivity contribution in [1.29, 1.82) is 0 Å². The highest BCUT2D eigenvalue weighted by molar-refractivity contribution is 5.80. The monoisotopic (exact) mass is 322 g/mol. The molecule has 5 nitrogen and oxygen atoms in total. The topological polar surface area (TPSA) is 53.1 Å². The Bertz CT molecular complexity index is 780. The first kappa shape index (κ1) is 14.9. The van der Waals surface area contributed by atoms with Crippen LogP contribution in [0.4, 0.5) is 4.79 Å². The number of hydrogen-bond donors (Lipinski definition) is 2. The molecule has 24 heavy (non-hydrogen) atoms. The summed E-state index contributed by atoms with van der Waals surface area (Å²) in [4.78, 5) is 17.6. The number of aromatic nitrogens is 2. The van der Waals surface area contributed by atoms with E-state index >= 15 is 0 Å². The molecule has 1 saturated heterocycles. The summed E-state index contributed by atoms with van der Waals surface area (Å²) in [7, 11) is 0. The van der Waals surface area contributed by atoms with E-state index in [1.807, 2.05) is 23.1 Å². The van der Waals surface area contributed by atoms with Gasteiger partial charge < -0.3 is 19.8 Å². The van der Waals surface area contributed by atoms with E-state index in [0.29, 0.717) is 12.6 Å². The SMILES string of the molecule is O=C(NCc1cc2ccccc2[nH]1)N1CCC(n2cccc2)CC1. The molecule has 2 N–H and O–H groups in total. The Morgan fingerprint density at radius 2 is 1.88 bits per heavy atom.